The van der Waals surface area contributed by atoms with E-state index in [-0.39, 0.29) is 22.0 Å². The molecule has 7 nitrogen and oxygen atoms in total. The number of methoxy groups -OCH3 is 1. The van der Waals surface area contributed by atoms with Crippen molar-refractivity contribution in [1.29, 1.82) is 0 Å². The van der Waals surface area contributed by atoms with E-state index in [1.54, 1.807) is 24.3 Å². The highest BCUT2D eigenvalue weighted by molar-refractivity contribution is 7.89. The number of rotatable bonds is 6. The summed E-state index contributed by atoms with van der Waals surface area (Å²) in [6, 6.07) is 10.8. The van der Waals surface area contributed by atoms with Crippen LogP contribution in [0.3, 0.4) is 0 Å². The molecule has 0 unspecified atom stereocenters. The van der Waals surface area contributed by atoms with Crippen LogP contribution in [0, 0.1) is 5.92 Å². The number of nitrogens with zero attached hydrogens (tertiary/aromatic N) is 1. The van der Waals surface area contributed by atoms with E-state index >= 15 is 0 Å². The minimum absolute atomic E-state index is 0.0560. The standard InChI is InChI=1S/C22H26N2O5S/c1-15-9-11-24(12-10-15)30(27,28)19-7-8-21(29-3)20(14-19)22(26)23-18-6-4-5-17(13-18)16(2)25/h4-8,13-15H,9-12H2,1-3H3,(H,23,26). The van der Waals surface area contributed by atoms with Gasteiger partial charge in [-0.15, -0.1) is 0 Å². The van der Waals surface area contributed by atoms with Gasteiger partial charge in [-0.3, -0.25) is 9.59 Å². The number of hydrogen-bond acceptors (Lipinski definition) is 5. The van der Waals surface area contributed by atoms with Crippen molar-refractivity contribution >= 4 is 27.4 Å². The molecule has 1 aliphatic rings. The predicted molar refractivity (Wildman–Crippen MR) is 115 cm³/mol. The molecule has 0 radical (unpaired) electrons. The first-order valence-corrected chi connectivity index (χ1v) is 11.3. The Morgan fingerprint density at radius 1 is 1.10 bits per heavy atom. The molecule has 0 saturated carbocycles. The van der Waals surface area contributed by atoms with Crippen LogP contribution in [0.15, 0.2) is 47.4 Å². The van der Waals surface area contributed by atoms with Crippen LogP contribution in [-0.4, -0.2) is 44.6 Å². The minimum atomic E-state index is -3.70. The molecule has 2 aromatic carbocycles. The number of ether oxygens (including phenoxy) is 1. The maximum atomic E-state index is 13.1. The van der Waals surface area contributed by atoms with Gasteiger partial charge in [0.25, 0.3) is 5.91 Å². The van der Waals surface area contributed by atoms with Crippen molar-refractivity contribution in [3.63, 3.8) is 0 Å². The van der Waals surface area contributed by atoms with Gasteiger partial charge in [0.1, 0.15) is 5.75 Å². The van der Waals surface area contributed by atoms with E-state index in [0.29, 0.717) is 30.3 Å². The summed E-state index contributed by atoms with van der Waals surface area (Å²) in [6.07, 6.45) is 1.63. The normalized spacial score (nSPS) is 15.6. The molecule has 1 fully saturated rings. The van der Waals surface area contributed by atoms with Gasteiger partial charge < -0.3 is 10.1 Å². The number of hydrogen-bond donors (Lipinski definition) is 1. The summed E-state index contributed by atoms with van der Waals surface area (Å²) in [7, 11) is -2.28. The zero-order valence-corrected chi connectivity index (χ0v) is 18.2. The van der Waals surface area contributed by atoms with Crippen LogP contribution in [-0.2, 0) is 10.0 Å². The van der Waals surface area contributed by atoms with Crippen LogP contribution in [0.25, 0.3) is 0 Å². The molecule has 0 aromatic heterocycles. The van der Waals surface area contributed by atoms with E-state index in [1.807, 2.05) is 0 Å². The molecule has 1 saturated heterocycles. The second kappa shape index (κ2) is 8.97. The molecular weight excluding hydrogens is 404 g/mol. The first-order valence-electron chi connectivity index (χ1n) is 9.83. The largest absolute Gasteiger partial charge is 0.496 e. The van der Waals surface area contributed by atoms with E-state index in [0.717, 1.165) is 12.8 Å². The van der Waals surface area contributed by atoms with E-state index < -0.39 is 15.9 Å². The molecule has 1 N–H and O–H groups in total. The van der Waals surface area contributed by atoms with Gasteiger partial charge in [0.2, 0.25) is 10.0 Å². The zero-order valence-electron chi connectivity index (χ0n) is 17.3. The van der Waals surface area contributed by atoms with Crippen LogP contribution in [0.2, 0.25) is 0 Å². The smallest absolute Gasteiger partial charge is 0.259 e. The summed E-state index contributed by atoms with van der Waals surface area (Å²) in [5.41, 5.74) is 1.01. The van der Waals surface area contributed by atoms with Crippen LogP contribution in [0.1, 0.15) is 47.4 Å². The highest BCUT2D eigenvalue weighted by atomic mass is 32.2. The van der Waals surface area contributed by atoms with Crippen LogP contribution >= 0.6 is 0 Å². The summed E-state index contributed by atoms with van der Waals surface area (Å²) in [6.45, 7) is 4.49. The highest BCUT2D eigenvalue weighted by Gasteiger charge is 2.29. The molecular formula is C22H26N2O5S. The molecule has 0 bridgehead atoms. The summed E-state index contributed by atoms with van der Waals surface area (Å²) >= 11 is 0. The first kappa shape index (κ1) is 22.0. The molecule has 0 spiro atoms. The van der Waals surface area contributed by atoms with E-state index in [9.17, 15) is 18.0 Å². The molecule has 30 heavy (non-hydrogen) atoms. The first-order chi connectivity index (χ1) is 14.2. The summed E-state index contributed by atoms with van der Waals surface area (Å²) in [4.78, 5) is 24.5. The molecule has 1 aliphatic heterocycles. The van der Waals surface area contributed by atoms with Crippen molar-refractivity contribution in [2.75, 3.05) is 25.5 Å². The zero-order chi connectivity index (χ0) is 21.9. The van der Waals surface area contributed by atoms with Gasteiger partial charge in [-0.05, 0) is 56.0 Å². The minimum Gasteiger partial charge on any atom is -0.496 e. The average Bonchev–Trinajstić information content (AvgIpc) is 2.73. The number of Topliss-reactive ketones (excluding diaryl/α,β-unsaturated/α-hetero) is 1. The molecule has 2 aromatic rings. The molecule has 160 valence electrons. The third-order valence-corrected chi connectivity index (χ3v) is 7.22. The molecule has 0 aliphatic carbocycles. The van der Waals surface area contributed by atoms with Gasteiger partial charge in [0.15, 0.2) is 5.78 Å². The monoisotopic (exact) mass is 430 g/mol. The Labute approximate surface area is 177 Å². The van der Waals surface area contributed by atoms with Gasteiger partial charge in [-0.2, -0.15) is 4.31 Å². The Hall–Kier alpha value is -2.71. The lowest BCUT2D eigenvalue weighted by molar-refractivity contribution is 0.101. The number of amides is 1. The Balaban J connectivity index is 1.90. The van der Waals surface area contributed by atoms with Crippen molar-refractivity contribution < 1.29 is 22.7 Å². The number of nitrogens with one attached hydrogen (secondary N) is 1. The molecule has 3 rings (SSSR count). The van der Waals surface area contributed by atoms with Gasteiger partial charge in [-0.1, -0.05) is 19.1 Å². The number of piperidine rings is 1. The lowest BCUT2D eigenvalue weighted by Gasteiger charge is -2.29. The van der Waals surface area contributed by atoms with Crippen molar-refractivity contribution in [3.8, 4) is 5.75 Å². The van der Waals surface area contributed by atoms with Gasteiger partial charge in [0, 0.05) is 24.3 Å². The van der Waals surface area contributed by atoms with Crippen LogP contribution in [0.4, 0.5) is 5.69 Å². The fourth-order valence-corrected chi connectivity index (χ4v) is 4.91. The van der Waals surface area contributed by atoms with Crippen LogP contribution in [0.5, 0.6) is 5.75 Å². The number of ketones is 1. The SMILES string of the molecule is COc1ccc(S(=O)(=O)N2CCC(C)CC2)cc1C(=O)Nc1cccc(C(C)=O)c1. The van der Waals surface area contributed by atoms with E-state index in [1.165, 1.54) is 36.5 Å². The Kier molecular flexibility index (Phi) is 6.58. The summed E-state index contributed by atoms with van der Waals surface area (Å²) in [5, 5.41) is 2.71. The Morgan fingerprint density at radius 3 is 2.43 bits per heavy atom. The van der Waals surface area contributed by atoms with Crippen molar-refractivity contribution in [2.45, 2.75) is 31.6 Å². The fraction of sp³-hybridized carbons (Fsp3) is 0.364. The maximum Gasteiger partial charge on any atom is 0.259 e. The van der Waals surface area contributed by atoms with Gasteiger partial charge >= 0.3 is 0 Å². The van der Waals surface area contributed by atoms with Gasteiger partial charge in [-0.25, -0.2) is 8.42 Å². The second-order valence-electron chi connectivity index (χ2n) is 7.54. The number of sulfonamides is 1. The second-order valence-corrected chi connectivity index (χ2v) is 9.48. The topological polar surface area (TPSA) is 92.8 Å². The summed E-state index contributed by atoms with van der Waals surface area (Å²) < 4.78 is 32.9. The van der Waals surface area contributed by atoms with Crippen molar-refractivity contribution in [1.82, 2.24) is 4.31 Å². The lowest BCUT2D eigenvalue weighted by Crippen LogP contribution is -2.37. The van der Waals surface area contributed by atoms with E-state index in [2.05, 4.69) is 12.2 Å². The maximum absolute atomic E-state index is 13.1. The average molecular weight is 431 g/mol. The van der Waals surface area contributed by atoms with Crippen LogP contribution < -0.4 is 10.1 Å². The number of benzene rings is 2. The number of anilines is 1. The molecule has 0 atom stereocenters. The summed E-state index contributed by atoms with van der Waals surface area (Å²) in [5.74, 6) is 0.130. The Morgan fingerprint density at radius 2 is 1.80 bits per heavy atom. The quantitative estimate of drug-likeness (QED) is 0.707. The van der Waals surface area contributed by atoms with Gasteiger partial charge in [0.05, 0.1) is 17.6 Å². The molecule has 8 heteroatoms. The predicted octanol–water partition coefficient (Wildman–Crippen LogP) is 3.57. The fourth-order valence-electron chi connectivity index (χ4n) is 3.41. The van der Waals surface area contributed by atoms with Crippen molar-refractivity contribution in [2.24, 2.45) is 5.92 Å². The highest BCUT2D eigenvalue weighted by Crippen LogP contribution is 2.28. The number of carbonyl (C=O) groups is 2. The lowest BCUT2D eigenvalue weighted by atomic mass is 10.0. The number of carbonyl (C=O) groups excluding carboxylic acids is 2. The molecule has 1 heterocycles. The van der Waals surface area contributed by atoms with Crippen molar-refractivity contribution in [3.05, 3.63) is 53.6 Å². The Bertz CT molecular complexity index is 1060. The third-order valence-electron chi connectivity index (χ3n) is 5.32. The molecule has 1 amide bonds. The third kappa shape index (κ3) is 4.71. The van der Waals surface area contributed by atoms with E-state index in [4.69, 9.17) is 4.74 Å².